The van der Waals surface area contributed by atoms with Gasteiger partial charge in [0, 0.05) is 23.2 Å². The molecule has 0 aliphatic heterocycles. The Kier molecular flexibility index (Phi) is 9.59. The maximum atomic E-state index is 13.6. The van der Waals surface area contributed by atoms with Gasteiger partial charge in [-0.25, -0.2) is 17.9 Å². The average molecular weight is 622 g/mol. The topological polar surface area (TPSA) is 107 Å². The summed E-state index contributed by atoms with van der Waals surface area (Å²) in [5, 5.41) is 4.87. The van der Waals surface area contributed by atoms with Crippen molar-refractivity contribution in [2.24, 2.45) is 0 Å². The van der Waals surface area contributed by atoms with Gasteiger partial charge in [-0.15, -0.1) is 0 Å². The van der Waals surface area contributed by atoms with Crippen LogP contribution in [0.25, 0.3) is 22.4 Å². The van der Waals surface area contributed by atoms with Crippen molar-refractivity contribution in [1.82, 2.24) is 14.5 Å². The van der Waals surface area contributed by atoms with E-state index in [1.165, 1.54) is 6.07 Å². The van der Waals surface area contributed by atoms with Crippen molar-refractivity contribution < 1.29 is 22.7 Å². The van der Waals surface area contributed by atoms with E-state index in [1.807, 2.05) is 67.1 Å². The normalized spacial score (nSPS) is 11.3. The fourth-order valence-corrected chi connectivity index (χ4v) is 6.54. The number of rotatable bonds is 11. The molecule has 230 valence electrons. The van der Waals surface area contributed by atoms with Crippen molar-refractivity contribution in [3.63, 3.8) is 0 Å². The fourth-order valence-electron chi connectivity index (χ4n) is 5.33. The number of carbonyl (C=O) groups is 2. The Morgan fingerprint density at radius 3 is 2.20 bits per heavy atom. The molecule has 1 heterocycles. The number of ether oxygens (including phenoxy) is 1. The molecule has 1 aromatic heterocycles. The number of aromatic nitrogens is 2. The summed E-state index contributed by atoms with van der Waals surface area (Å²) in [6.45, 7) is 6.57. The molecule has 0 saturated carbocycles. The molecule has 0 atom stereocenters. The summed E-state index contributed by atoms with van der Waals surface area (Å²) >= 11 is 0. The molecule has 0 unspecified atom stereocenters. The zero-order valence-corrected chi connectivity index (χ0v) is 26.3. The number of nitrogens with one attached hydrogen (secondary N) is 1. The van der Waals surface area contributed by atoms with E-state index in [9.17, 15) is 18.0 Å². The average Bonchev–Trinajstić information content (AvgIpc) is 3.37. The third kappa shape index (κ3) is 6.89. The standard InChI is InChI=1S/C36H35N3O5S/c1-4-22-39-25(3)33(36(41)44-5-2)34(37-39)31-21-20-28(24-29(31)23-26-14-8-6-9-15-26)30-18-12-13-19-32(30)45(42,43)38-35(40)27-16-10-7-11-17-27/h6-21,24H,4-5,22-23H2,1-3H3,(H,38,40). The first-order valence-corrected chi connectivity index (χ1v) is 16.3. The van der Waals surface area contributed by atoms with Crippen LogP contribution in [-0.2, 0) is 27.7 Å². The zero-order chi connectivity index (χ0) is 32.0. The molecule has 0 saturated heterocycles. The van der Waals surface area contributed by atoms with E-state index in [2.05, 4.69) is 4.72 Å². The second-order valence-electron chi connectivity index (χ2n) is 10.6. The Bertz CT molecular complexity index is 1930. The predicted molar refractivity (Wildman–Crippen MR) is 174 cm³/mol. The maximum absolute atomic E-state index is 13.6. The van der Waals surface area contributed by atoms with Gasteiger partial charge in [-0.3, -0.25) is 9.48 Å². The van der Waals surface area contributed by atoms with Crippen LogP contribution in [0.4, 0.5) is 0 Å². The number of esters is 1. The van der Waals surface area contributed by atoms with Crippen molar-refractivity contribution in [2.75, 3.05) is 6.61 Å². The predicted octanol–water partition coefficient (Wildman–Crippen LogP) is 6.82. The second kappa shape index (κ2) is 13.7. The van der Waals surface area contributed by atoms with E-state index in [0.29, 0.717) is 35.3 Å². The van der Waals surface area contributed by atoms with Gasteiger partial charge in [-0.1, -0.05) is 91.9 Å². The van der Waals surface area contributed by atoms with E-state index in [0.717, 1.165) is 28.8 Å². The van der Waals surface area contributed by atoms with Crippen LogP contribution >= 0.6 is 0 Å². The van der Waals surface area contributed by atoms with Crippen LogP contribution in [0.15, 0.2) is 108 Å². The first kappa shape index (κ1) is 31.4. The molecule has 0 fully saturated rings. The number of amides is 1. The maximum Gasteiger partial charge on any atom is 0.342 e. The van der Waals surface area contributed by atoms with E-state index in [1.54, 1.807) is 55.5 Å². The lowest BCUT2D eigenvalue weighted by Gasteiger charge is -2.15. The van der Waals surface area contributed by atoms with E-state index < -0.39 is 21.9 Å². The van der Waals surface area contributed by atoms with Gasteiger partial charge in [0.15, 0.2) is 0 Å². The lowest BCUT2D eigenvalue weighted by atomic mass is 9.92. The van der Waals surface area contributed by atoms with Crippen LogP contribution < -0.4 is 4.72 Å². The van der Waals surface area contributed by atoms with Gasteiger partial charge in [0.05, 0.1) is 17.2 Å². The van der Waals surface area contributed by atoms with Gasteiger partial charge in [0.2, 0.25) is 0 Å². The minimum atomic E-state index is -4.23. The third-order valence-corrected chi connectivity index (χ3v) is 8.86. The van der Waals surface area contributed by atoms with Crippen molar-refractivity contribution in [3.8, 4) is 22.4 Å². The summed E-state index contributed by atoms with van der Waals surface area (Å²) in [5.41, 5.74) is 5.62. The molecule has 0 spiro atoms. The van der Waals surface area contributed by atoms with Gasteiger partial charge >= 0.3 is 5.97 Å². The van der Waals surface area contributed by atoms with Crippen LogP contribution in [-0.4, -0.2) is 36.7 Å². The summed E-state index contributed by atoms with van der Waals surface area (Å²) < 4.78 is 36.6. The number of benzene rings is 4. The van der Waals surface area contributed by atoms with Crippen LogP contribution in [0.3, 0.4) is 0 Å². The van der Waals surface area contributed by atoms with E-state index in [4.69, 9.17) is 9.84 Å². The Balaban J connectivity index is 1.64. The quantitative estimate of drug-likeness (QED) is 0.162. The summed E-state index contributed by atoms with van der Waals surface area (Å²) in [6.07, 6.45) is 1.34. The molecule has 4 aromatic carbocycles. The highest BCUT2D eigenvalue weighted by Crippen LogP contribution is 2.35. The third-order valence-electron chi connectivity index (χ3n) is 7.47. The number of carbonyl (C=O) groups excluding carboxylic acids is 2. The molecular formula is C36H35N3O5S. The van der Waals surface area contributed by atoms with Gasteiger partial charge in [-0.05, 0) is 61.6 Å². The Morgan fingerprint density at radius 1 is 0.844 bits per heavy atom. The largest absolute Gasteiger partial charge is 0.462 e. The lowest BCUT2D eigenvalue weighted by Crippen LogP contribution is -2.30. The number of hydrogen-bond donors (Lipinski definition) is 1. The molecule has 0 aliphatic carbocycles. The van der Waals surface area contributed by atoms with Crippen LogP contribution in [0.2, 0.25) is 0 Å². The molecule has 0 bridgehead atoms. The van der Waals surface area contributed by atoms with E-state index in [-0.39, 0.29) is 17.1 Å². The Labute approximate surface area is 263 Å². The molecule has 45 heavy (non-hydrogen) atoms. The number of sulfonamides is 1. The Hall–Kier alpha value is -5.02. The first-order chi connectivity index (χ1) is 21.7. The number of hydrogen-bond acceptors (Lipinski definition) is 6. The van der Waals surface area contributed by atoms with Gasteiger partial charge < -0.3 is 4.74 Å². The minimum absolute atomic E-state index is 0.0250. The number of nitrogens with zero attached hydrogens (tertiary/aromatic N) is 2. The zero-order valence-electron chi connectivity index (χ0n) is 25.5. The van der Waals surface area contributed by atoms with Gasteiger partial charge in [-0.2, -0.15) is 5.10 Å². The molecule has 0 aliphatic rings. The highest BCUT2D eigenvalue weighted by molar-refractivity contribution is 7.90. The van der Waals surface area contributed by atoms with Crippen LogP contribution in [0.5, 0.6) is 0 Å². The highest BCUT2D eigenvalue weighted by atomic mass is 32.2. The SMILES string of the molecule is CCCn1nc(-c2ccc(-c3ccccc3S(=O)(=O)NC(=O)c3ccccc3)cc2Cc2ccccc2)c(C(=O)OCC)c1C. The van der Waals surface area contributed by atoms with Gasteiger partial charge in [0.1, 0.15) is 11.3 Å². The summed E-state index contributed by atoms with van der Waals surface area (Å²) in [7, 11) is -4.23. The van der Waals surface area contributed by atoms with Gasteiger partial charge in [0.25, 0.3) is 15.9 Å². The number of aryl methyl sites for hydroxylation is 1. The van der Waals surface area contributed by atoms with Crippen molar-refractivity contribution in [2.45, 2.75) is 45.1 Å². The molecule has 5 aromatic rings. The summed E-state index contributed by atoms with van der Waals surface area (Å²) in [4.78, 5) is 26.0. The van der Waals surface area contributed by atoms with Crippen LogP contribution in [0.1, 0.15) is 57.8 Å². The monoisotopic (exact) mass is 621 g/mol. The van der Waals surface area contributed by atoms with Crippen LogP contribution in [0, 0.1) is 6.92 Å². The molecule has 0 radical (unpaired) electrons. The summed E-state index contributed by atoms with van der Waals surface area (Å²) in [6, 6.07) is 30.3. The van der Waals surface area contributed by atoms with Crippen molar-refractivity contribution in [3.05, 3.63) is 131 Å². The molecule has 8 nitrogen and oxygen atoms in total. The summed E-state index contributed by atoms with van der Waals surface area (Å²) in [5.74, 6) is -1.15. The van der Waals surface area contributed by atoms with Crippen molar-refractivity contribution in [1.29, 1.82) is 0 Å². The highest BCUT2D eigenvalue weighted by Gasteiger charge is 2.27. The molecule has 5 rings (SSSR count). The van der Waals surface area contributed by atoms with Crippen molar-refractivity contribution >= 4 is 21.9 Å². The Morgan fingerprint density at radius 2 is 1.51 bits per heavy atom. The molecular weight excluding hydrogens is 586 g/mol. The second-order valence-corrected chi connectivity index (χ2v) is 12.2. The lowest BCUT2D eigenvalue weighted by molar-refractivity contribution is 0.0526. The molecule has 1 N–H and O–H groups in total. The molecule has 1 amide bonds. The fraction of sp³-hybridized carbons (Fsp3) is 0.194. The minimum Gasteiger partial charge on any atom is -0.462 e. The molecule has 9 heteroatoms. The smallest absolute Gasteiger partial charge is 0.342 e. The first-order valence-electron chi connectivity index (χ1n) is 14.9. The van der Waals surface area contributed by atoms with E-state index >= 15 is 0 Å².